The molecule has 1 aliphatic rings. The van der Waals surface area contributed by atoms with E-state index in [1.165, 1.54) is 21.9 Å². The van der Waals surface area contributed by atoms with Crippen molar-refractivity contribution in [1.29, 1.82) is 0 Å². The third-order valence-corrected chi connectivity index (χ3v) is 3.30. The van der Waals surface area contributed by atoms with Crippen LogP contribution in [0.5, 0.6) is 0 Å². The average molecular weight is 221 g/mol. The Bertz CT molecular complexity index is 610. The highest BCUT2D eigenvalue weighted by molar-refractivity contribution is 5.83. The fourth-order valence-corrected chi connectivity index (χ4v) is 2.44. The summed E-state index contributed by atoms with van der Waals surface area (Å²) >= 11 is 0. The molecule has 0 radical (unpaired) electrons. The normalized spacial score (nSPS) is 19.6. The van der Waals surface area contributed by atoms with Crippen LogP contribution in [0.15, 0.2) is 66.9 Å². The highest BCUT2D eigenvalue weighted by Crippen LogP contribution is 2.33. The Hall–Kier alpha value is -2.02. The van der Waals surface area contributed by atoms with Gasteiger partial charge in [-0.15, -0.1) is 0 Å². The van der Waals surface area contributed by atoms with Crippen LogP contribution >= 0.6 is 0 Å². The molecule has 3 rings (SSSR count). The maximum Gasteiger partial charge on any atom is 0.0725 e. The Morgan fingerprint density at radius 1 is 1.00 bits per heavy atom. The molecule has 1 fully saturated rings. The van der Waals surface area contributed by atoms with Crippen LogP contribution < -0.4 is 5.32 Å². The molecule has 1 unspecified atom stereocenters. The largest absolute Gasteiger partial charge is 0.378 e. The Labute approximate surface area is 101 Å². The Morgan fingerprint density at radius 3 is 2.47 bits per heavy atom. The van der Waals surface area contributed by atoms with Crippen LogP contribution in [-0.2, 0) is 0 Å². The molecule has 2 aromatic carbocycles. The molecule has 1 heterocycles. The first-order chi connectivity index (χ1) is 8.24. The molecular formula is C16H15N. The summed E-state index contributed by atoms with van der Waals surface area (Å²) < 4.78 is 0. The van der Waals surface area contributed by atoms with Gasteiger partial charge in [-0.25, -0.2) is 0 Å². The van der Waals surface area contributed by atoms with E-state index < -0.39 is 0 Å². The first-order valence-corrected chi connectivity index (χ1v) is 5.85. The van der Waals surface area contributed by atoms with E-state index in [9.17, 15) is 0 Å². The van der Waals surface area contributed by atoms with Crippen molar-refractivity contribution in [1.82, 2.24) is 5.32 Å². The Balaban J connectivity index is 2.06. The van der Waals surface area contributed by atoms with Crippen molar-refractivity contribution >= 4 is 10.8 Å². The summed E-state index contributed by atoms with van der Waals surface area (Å²) in [5.41, 5.74) is 3.53. The highest BCUT2D eigenvalue weighted by Gasteiger charge is 2.22. The lowest BCUT2D eigenvalue weighted by atomic mass is 9.98. The standard InChI is InChI=1S/C16H15N/c1-11-9-12(2)17-16(11)15-8-7-13-5-3-4-6-14(13)10-15/h3-8,10,16-17H,1-2,9H2. The second-order valence-corrected chi connectivity index (χ2v) is 4.62. The molecule has 0 amide bonds. The quantitative estimate of drug-likeness (QED) is 0.719. The molecule has 1 N–H and O–H groups in total. The predicted molar refractivity (Wildman–Crippen MR) is 72.7 cm³/mol. The van der Waals surface area contributed by atoms with Gasteiger partial charge >= 0.3 is 0 Å². The van der Waals surface area contributed by atoms with Crippen LogP contribution in [0.4, 0.5) is 0 Å². The minimum absolute atomic E-state index is 0.229. The molecule has 0 aliphatic carbocycles. The number of hydrogen-bond acceptors (Lipinski definition) is 1. The van der Waals surface area contributed by atoms with Crippen LogP contribution in [0.1, 0.15) is 18.0 Å². The van der Waals surface area contributed by atoms with Gasteiger partial charge in [-0.3, -0.25) is 0 Å². The summed E-state index contributed by atoms with van der Waals surface area (Å²) in [5.74, 6) is 0. The number of allylic oxidation sites excluding steroid dienone is 1. The first-order valence-electron chi connectivity index (χ1n) is 5.85. The lowest BCUT2D eigenvalue weighted by Crippen LogP contribution is -2.11. The van der Waals surface area contributed by atoms with Crippen molar-refractivity contribution in [2.24, 2.45) is 0 Å². The summed E-state index contributed by atoms with van der Waals surface area (Å²) in [6.45, 7) is 8.09. The zero-order chi connectivity index (χ0) is 11.8. The SMILES string of the molecule is C=C1CC(=C)C(c2ccc3ccccc3c2)N1. The fourth-order valence-electron chi connectivity index (χ4n) is 2.44. The number of rotatable bonds is 1. The molecule has 1 heteroatoms. The average Bonchev–Trinajstić information content (AvgIpc) is 2.68. The molecule has 17 heavy (non-hydrogen) atoms. The van der Waals surface area contributed by atoms with E-state index in [2.05, 4.69) is 60.9 Å². The molecule has 1 nitrogen and oxygen atoms in total. The van der Waals surface area contributed by atoms with Gasteiger partial charge in [0.05, 0.1) is 6.04 Å². The minimum atomic E-state index is 0.229. The van der Waals surface area contributed by atoms with E-state index in [1.54, 1.807) is 0 Å². The monoisotopic (exact) mass is 221 g/mol. The molecule has 84 valence electrons. The summed E-state index contributed by atoms with van der Waals surface area (Å²) in [6.07, 6.45) is 0.886. The number of hydrogen-bond donors (Lipinski definition) is 1. The molecule has 1 atom stereocenters. The summed E-state index contributed by atoms with van der Waals surface area (Å²) in [6, 6.07) is 15.2. The predicted octanol–water partition coefficient (Wildman–Crippen LogP) is 3.94. The van der Waals surface area contributed by atoms with Gasteiger partial charge < -0.3 is 5.32 Å². The van der Waals surface area contributed by atoms with Crippen molar-refractivity contribution in [3.8, 4) is 0 Å². The first kappa shape index (κ1) is 10.2. The van der Waals surface area contributed by atoms with E-state index in [1.807, 2.05) is 0 Å². The van der Waals surface area contributed by atoms with Crippen LogP contribution in [0, 0.1) is 0 Å². The lowest BCUT2D eigenvalue weighted by Gasteiger charge is -2.13. The second kappa shape index (κ2) is 3.77. The topological polar surface area (TPSA) is 12.0 Å². The van der Waals surface area contributed by atoms with Gasteiger partial charge in [0, 0.05) is 12.1 Å². The second-order valence-electron chi connectivity index (χ2n) is 4.62. The molecule has 2 aromatic rings. The van der Waals surface area contributed by atoms with E-state index in [0.717, 1.165) is 12.1 Å². The molecule has 0 saturated carbocycles. The van der Waals surface area contributed by atoms with Gasteiger partial charge in [0.15, 0.2) is 0 Å². The van der Waals surface area contributed by atoms with Gasteiger partial charge in [0.25, 0.3) is 0 Å². The molecule has 1 aliphatic heterocycles. The van der Waals surface area contributed by atoms with Crippen molar-refractivity contribution in [2.75, 3.05) is 0 Å². The van der Waals surface area contributed by atoms with Gasteiger partial charge in [0.2, 0.25) is 0 Å². The van der Waals surface area contributed by atoms with Crippen molar-refractivity contribution < 1.29 is 0 Å². The van der Waals surface area contributed by atoms with E-state index in [0.29, 0.717) is 0 Å². The lowest BCUT2D eigenvalue weighted by molar-refractivity contribution is 0.760. The third-order valence-electron chi connectivity index (χ3n) is 3.30. The maximum atomic E-state index is 4.12. The smallest absolute Gasteiger partial charge is 0.0725 e. The Morgan fingerprint density at radius 2 is 1.76 bits per heavy atom. The van der Waals surface area contributed by atoms with E-state index in [-0.39, 0.29) is 6.04 Å². The van der Waals surface area contributed by atoms with Gasteiger partial charge in [-0.05, 0) is 28.0 Å². The van der Waals surface area contributed by atoms with Crippen molar-refractivity contribution in [2.45, 2.75) is 12.5 Å². The summed E-state index contributed by atoms with van der Waals surface area (Å²) in [5, 5.41) is 5.94. The van der Waals surface area contributed by atoms with Crippen LogP contribution in [0.25, 0.3) is 10.8 Å². The number of fused-ring (bicyclic) bond motifs is 1. The zero-order valence-electron chi connectivity index (χ0n) is 9.74. The third kappa shape index (κ3) is 1.74. The van der Waals surface area contributed by atoms with Crippen molar-refractivity contribution in [3.63, 3.8) is 0 Å². The minimum Gasteiger partial charge on any atom is -0.378 e. The molecule has 0 bridgehead atoms. The van der Waals surface area contributed by atoms with Crippen LogP contribution in [0.2, 0.25) is 0 Å². The summed E-state index contributed by atoms with van der Waals surface area (Å²) in [4.78, 5) is 0. The van der Waals surface area contributed by atoms with Crippen molar-refractivity contribution in [3.05, 3.63) is 72.5 Å². The van der Waals surface area contributed by atoms with Crippen LogP contribution in [0.3, 0.4) is 0 Å². The van der Waals surface area contributed by atoms with Gasteiger partial charge in [0.1, 0.15) is 0 Å². The van der Waals surface area contributed by atoms with E-state index in [4.69, 9.17) is 0 Å². The maximum absolute atomic E-state index is 4.12. The molecule has 1 saturated heterocycles. The van der Waals surface area contributed by atoms with E-state index >= 15 is 0 Å². The molecular weight excluding hydrogens is 206 g/mol. The number of nitrogens with one attached hydrogen (secondary N) is 1. The zero-order valence-corrected chi connectivity index (χ0v) is 9.74. The van der Waals surface area contributed by atoms with Crippen LogP contribution in [-0.4, -0.2) is 0 Å². The summed E-state index contributed by atoms with van der Waals surface area (Å²) in [7, 11) is 0. The number of benzene rings is 2. The Kier molecular flexibility index (Phi) is 2.25. The fraction of sp³-hybridized carbons (Fsp3) is 0.125. The van der Waals surface area contributed by atoms with Gasteiger partial charge in [-0.1, -0.05) is 49.6 Å². The van der Waals surface area contributed by atoms with Gasteiger partial charge in [-0.2, -0.15) is 0 Å². The highest BCUT2D eigenvalue weighted by atomic mass is 15.0. The molecule has 0 aromatic heterocycles. The molecule has 0 spiro atoms.